The Bertz CT molecular complexity index is 685. The van der Waals surface area contributed by atoms with E-state index in [0.717, 1.165) is 51.6 Å². The number of imide groups is 1. The Balaban J connectivity index is 1.60. The van der Waals surface area contributed by atoms with E-state index < -0.39 is 0 Å². The standard InChI is InChI=1S/C20H24N2O3/c23-18(21-11-4-1-5-12-21)14-7-6-8-15(13-14)22-19(24)16-9-2-3-10-17(16)20(22)25/h6-8,13,16-17H,1-5,9-12H2. The number of benzene rings is 1. The van der Waals surface area contributed by atoms with Gasteiger partial charge in [-0.15, -0.1) is 0 Å². The van der Waals surface area contributed by atoms with Gasteiger partial charge in [-0.05, 0) is 50.3 Å². The van der Waals surface area contributed by atoms with Crippen molar-refractivity contribution in [1.82, 2.24) is 4.90 Å². The fourth-order valence-corrected chi connectivity index (χ4v) is 4.47. The van der Waals surface area contributed by atoms with Crippen LogP contribution in [-0.4, -0.2) is 35.7 Å². The zero-order valence-electron chi connectivity index (χ0n) is 14.4. The Morgan fingerprint density at radius 3 is 2.16 bits per heavy atom. The minimum Gasteiger partial charge on any atom is -0.339 e. The Labute approximate surface area is 148 Å². The highest BCUT2D eigenvalue weighted by Crippen LogP contribution is 2.40. The van der Waals surface area contributed by atoms with Crippen LogP contribution in [0.1, 0.15) is 55.3 Å². The first-order valence-corrected chi connectivity index (χ1v) is 9.44. The number of anilines is 1. The topological polar surface area (TPSA) is 57.7 Å². The number of likely N-dealkylation sites (tertiary alicyclic amines) is 1. The van der Waals surface area contributed by atoms with Crippen LogP contribution in [0.4, 0.5) is 5.69 Å². The van der Waals surface area contributed by atoms with Crippen molar-refractivity contribution in [3.8, 4) is 0 Å². The van der Waals surface area contributed by atoms with Crippen molar-refractivity contribution in [2.75, 3.05) is 18.0 Å². The lowest BCUT2D eigenvalue weighted by atomic mass is 9.81. The van der Waals surface area contributed by atoms with Gasteiger partial charge in [0.15, 0.2) is 0 Å². The molecule has 0 N–H and O–H groups in total. The molecule has 2 heterocycles. The van der Waals surface area contributed by atoms with E-state index in [4.69, 9.17) is 0 Å². The highest BCUT2D eigenvalue weighted by atomic mass is 16.2. The third-order valence-corrected chi connectivity index (χ3v) is 5.84. The van der Waals surface area contributed by atoms with E-state index in [0.29, 0.717) is 11.3 Å². The normalized spacial score (nSPS) is 26.7. The molecule has 5 heteroatoms. The Hall–Kier alpha value is -2.17. The lowest BCUT2D eigenvalue weighted by Gasteiger charge is -2.27. The van der Waals surface area contributed by atoms with Gasteiger partial charge in [-0.2, -0.15) is 0 Å². The summed E-state index contributed by atoms with van der Waals surface area (Å²) in [6, 6.07) is 7.03. The van der Waals surface area contributed by atoms with Crippen molar-refractivity contribution in [2.45, 2.75) is 44.9 Å². The van der Waals surface area contributed by atoms with Crippen LogP contribution < -0.4 is 4.90 Å². The van der Waals surface area contributed by atoms with Gasteiger partial charge in [0.25, 0.3) is 5.91 Å². The highest BCUT2D eigenvalue weighted by Gasteiger charge is 2.48. The maximum Gasteiger partial charge on any atom is 0.253 e. The third kappa shape index (κ3) is 2.86. The Morgan fingerprint density at radius 1 is 0.880 bits per heavy atom. The molecule has 0 radical (unpaired) electrons. The number of hydrogen-bond donors (Lipinski definition) is 0. The lowest BCUT2D eigenvalue weighted by Crippen LogP contribution is -2.36. The first kappa shape index (κ1) is 16.3. The van der Waals surface area contributed by atoms with Crippen molar-refractivity contribution < 1.29 is 14.4 Å². The molecule has 3 fully saturated rings. The van der Waals surface area contributed by atoms with Gasteiger partial charge in [0.1, 0.15) is 0 Å². The number of carbonyl (C=O) groups is 3. The molecular weight excluding hydrogens is 316 g/mol. The van der Waals surface area contributed by atoms with E-state index in [2.05, 4.69) is 0 Å². The molecule has 2 aliphatic heterocycles. The molecule has 0 spiro atoms. The number of piperidine rings is 1. The number of fused-ring (bicyclic) bond motifs is 1. The van der Waals surface area contributed by atoms with E-state index in [1.54, 1.807) is 24.3 Å². The quantitative estimate of drug-likeness (QED) is 0.778. The van der Waals surface area contributed by atoms with Gasteiger partial charge in [-0.1, -0.05) is 18.9 Å². The van der Waals surface area contributed by atoms with E-state index in [1.807, 2.05) is 4.90 Å². The number of nitrogens with zero attached hydrogens (tertiary/aromatic N) is 2. The number of rotatable bonds is 2. The van der Waals surface area contributed by atoms with Gasteiger partial charge >= 0.3 is 0 Å². The zero-order valence-corrected chi connectivity index (χ0v) is 14.4. The molecule has 1 saturated carbocycles. The predicted octanol–water partition coefficient (Wildman–Crippen LogP) is 2.99. The molecule has 3 amide bonds. The molecule has 25 heavy (non-hydrogen) atoms. The van der Waals surface area contributed by atoms with Crippen molar-refractivity contribution in [3.63, 3.8) is 0 Å². The van der Waals surface area contributed by atoms with Crippen molar-refractivity contribution in [2.24, 2.45) is 11.8 Å². The molecule has 0 aromatic heterocycles. The summed E-state index contributed by atoms with van der Waals surface area (Å²) in [6.07, 6.45) is 6.89. The van der Waals surface area contributed by atoms with Gasteiger partial charge in [-0.3, -0.25) is 19.3 Å². The SMILES string of the molecule is O=C(c1cccc(N2C(=O)C3CCCCC3C2=O)c1)N1CCCCC1. The van der Waals surface area contributed by atoms with E-state index >= 15 is 0 Å². The van der Waals surface area contributed by atoms with Crippen molar-refractivity contribution in [3.05, 3.63) is 29.8 Å². The van der Waals surface area contributed by atoms with Crippen LogP contribution >= 0.6 is 0 Å². The van der Waals surface area contributed by atoms with E-state index in [1.165, 1.54) is 11.3 Å². The zero-order chi connectivity index (χ0) is 17.4. The summed E-state index contributed by atoms with van der Waals surface area (Å²) in [6.45, 7) is 1.57. The third-order valence-electron chi connectivity index (χ3n) is 5.84. The molecule has 1 aromatic carbocycles. The molecular formula is C20H24N2O3. The summed E-state index contributed by atoms with van der Waals surface area (Å²) in [4.78, 5) is 41.4. The van der Waals surface area contributed by atoms with Crippen LogP contribution in [0.5, 0.6) is 0 Å². The summed E-state index contributed by atoms with van der Waals surface area (Å²) in [5.41, 5.74) is 1.11. The van der Waals surface area contributed by atoms with E-state index in [-0.39, 0.29) is 29.6 Å². The van der Waals surface area contributed by atoms with Crippen LogP contribution in [0, 0.1) is 11.8 Å². The largest absolute Gasteiger partial charge is 0.339 e. The van der Waals surface area contributed by atoms with Crippen LogP contribution in [0.15, 0.2) is 24.3 Å². The van der Waals surface area contributed by atoms with Crippen molar-refractivity contribution in [1.29, 1.82) is 0 Å². The van der Waals surface area contributed by atoms with Gasteiger partial charge < -0.3 is 4.90 Å². The minimum atomic E-state index is -0.164. The molecule has 5 nitrogen and oxygen atoms in total. The fourth-order valence-electron chi connectivity index (χ4n) is 4.47. The second kappa shape index (κ2) is 6.62. The average molecular weight is 340 g/mol. The van der Waals surface area contributed by atoms with Crippen LogP contribution in [0.2, 0.25) is 0 Å². The second-order valence-corrected chi connectivity index (χ2v) is 7.41. The molecule has 4 rings (SSSR count). The van der Waals surface area contributed by atoms with E-state index in [9.17, 15) is 14.4 Å². The smallest absolute Gasteiger partial charge is 0.253 e. The van der Waals surface area contributed by atoms with Crippen LogP contribution in [0.25, 0.3) is 0 Å². The Morgan fingerprint density at radius 2 is 1.52 bits per heavy atom. The first-order chi connectivity index (χ1) is 12.2. The highest BCUT2D eigenvalue weighted by molar-refractivity contribution is 6.22. The number of amides is 3. The Kier molecular flexibility index (Phi) is 4.32. The molecule has 0 bridgehead atoms. The lowest BCUT2D eigenvalue weighted by molar-refractivity contribution is -0.122. The number of hydrogen-bond acceptors (Lipinski definition) is 3. The summed E-state index contributed by atoms with van der Waals surface area (Å²) < 4.78 is 0. The molecule has 3 aliphatic rings. The summed E-state index contributed by atoms with van der Waals surface area (Å²) >= 11 is 0. The predicted molar refractivity (Wildman–Crippen MR) is 94.1 cm³/mol. The maximum absolute atomic E-state index is 12.7. The van der Waals surface area contributed by atoms with Crippen molar-refractivity contribution >= 4 is 23.4 Å². The second-order valence-electron chi connectivity index (χ2n) is 7.41. The van der Waals surface area contributed by atoms with Crippen LogP contribution in [0.3, 0.4) is 0 Å². The summed E-state index contributed by atoms with van der Waals surface area (Å²) in [5, 5.41) is 0. The summed E-state index contributed by atoms with van der Waals surface area (Å²) in [5.74, 6) is -0.502. The molecule has 132 valence electrons. The number of carbonyl (C=O) groups excluding carboxylic acids is 3. The fraction of sp³-hybridized carbons (Fsp3) is 0.550. The monoisotopic (exact) mass is 340 g/mol. The van der Waals surface area contributed by atoms with Gasteiger partial charge in [0, 0.05) is 18.7 Å². The van der Waals surface area contributed by atoms with Gasteiger partial charge in [0.05, 0.1) is 17.5 Å². The summed E-state index contributed by atoms with van der Waals surface area (Å²) in [7, 11) is 0. The average Bonchev–Trinajstić information content (AvgIpc) is 2.93. The molecule has 1 aliphatic carbocycles. The van der Waals surface area contributed by atoms with Crippen LogP contribution in [-0.2, 0) is 9.59 Å². The van der Waals surface area contributed by atoms with Gasteiger partial charge in [-0.25, -0.2) is 0 Å². The minimum absolute atomic E-state index is 0.00180. The molecule has 2 unspecified atom stereocenters. The molecule has 2 saturated heterocycles. The first-order valence-electron chi connectivity index (χ1n) is 9.44. The van der Waals surface area contributed by atoms with Gasteiger partial charge in [0.2, 0.25) is 11.8 Å². The molecule has 2 atom stereocenters. The maximum atomic E-state index is 12.7. The molecule has 1 aromatic rings.